The highest BCUT2D eigenvalue weighted by Gasteiger charge is 2.51. The summed E-state index contributed by atoms with van der Waals surface area (Å²) in [6.07, 6.45) is 1.58. The fourth-order valence-corrected chi connectivity index (χ4v) is 1.75. The van der Waals surface area contributed by atoms with Gasteiger partial charge in [-0.1, -0.05) is 6.07 Å². The zero-order valence-corrected chi connectivity index (χ0v) is 14.6. The van der Waals surface area contributed by atoms with Crippen LogP contribution in [0.5, 0.6) is 0 Å². The van der Waals surface area contributed by atoms with E-state index in [4.69, 9.17) is 9.31 Å². The fraction of sp³-hybridized carbons (Fsp3) is 0.538. The Morgan fingerprint density at radius 1 is 1.19 bits per heavy atom. The van der Waals surface area contributed by atoms with E-state index in [1.807, 2.05) is 27.7 Å². The van der Waals surface area contributed by atoms with Gasteiger partial charge in [-0.15, -0.1) is 23.3 Å². The number of thiol groups is 2. The van der Waals surface area contributed by atoms with Crippen LogP contribution >= 0.6 is 23.3 Å². The first kappa shape index (κ1) is 18.4. The maximum atomic E-state index is 11.3. The molecule has 1 aliphatic heterocycles. The van der Waals surface area contributed by atoms with Crippen LogP contribution in [0.3, 0.4) is 0 Å². The number of methoxy groups -OCH3 is 1. The second-order valence-corrected chi connectivity index (χ2v) is 5.56. The molecule has 1 fully saturated rings. The van der Waals surface area contributed by atoms with Crippen molar-refractivity contribution in [2.45, 2.75) is 38.9 Å². The molecule has 0 atom stereocenters. The molecular weight excluding hydrogens is 309 g/mol. The Hall–Kier alpha value is -0.695. The van der Waals surface area contributed by atoms with E-state index in [0.717, 1.165) is 5.46 Å². The Balaban J connectivity index is 0.00000106. The topological polar surface area (TPSA) is 57.7 Å². The lowest BCUT2D eigenvalue weighted by Crippen LogP contribution is -2.41. The Bertz CT molecular complexity index is 477. The van der Waals surface area contributed by atoms with E-state index in [-0.39, 0.29) is 5.69 Å². The number of aromatic nitrogens is 1. The van der Waals surface area contributed by atoms with Crippen molar-refractivity contribution in [2.75, 3.05) is 7.11 Å². The number of nitrogens with zero attached hydrogens (tertiary/aromatic N) is 1. The molecule has 1 aliphatic rings. The molecular formula is C13H20BNO4S2. The molecule has 0 aromatic carbocycles. The minimum Gasteiger partial charge on any atom is -0.464 e. The van der Waals surface area contributed by atoms with E-state index in [1.165, 1.54) is 7.11 Å². The molecule has 0 N–H and O–H groups in total. The summed E-state index contributed by atoms with van der Waals surface area (Å²) >= 11 is 6.44. The van der Waals surface area contributed by atoms with Crippen LogP contribution in [0.4, 0.5) is 0 Å². The predicted molar refractivity (Wildman–Crippen MR) is 89.3 cm³/mol. The van der Waals surface area contributed by atoms with Crippen LogP contribution in [-0.4, -0.2) is 36.4 Å². The molecule has 0 saturated carbocycles. The van der Waals surface area contributed by atoms with E-state index >= 15 is 0 Å². The first-order valence-corrected chi connectivity index (χ1v) is 7.97. The lowest BCUT2D eigenvalue weighted by atomic mass is 9.80. The van der Waals surface area contributed by atoms with Gasteiger partial charge in [-0.2, -0.15) is 0 Å². The van der Waals surface area contributed by atoms with Crippen LogP contribution in [0, 0.1) is 0 Å². The molecule has 0 bridgehead atoms. The Morgan fingerprint density at radius 2 is 1.71 bits per heavy atom. The Labute approximate surface area is 136 Å². The normalized spacial score (nSPS) is 18.7. The Morgan fingerprint density at radius 3 is 2.10 bits per heavy atom. The van der Waals surface area contributed by atoms with Crippen LogP contribution in [0.25, 0.3) is 0 Å². The van der Waals surface area contributed by atoms with Gasteiger partial charge in [0.25, 0.3) is 0 Å². The summed E-state index contributed by atoms with van der Waals surface area (Å²) in [5.41, 5.74) is 0.270. The molecule has 0 unspecified atom stereocenters. The van der Waals surface area contributed by atoms with Crippen LogP contribution in [0.1, 0.15) is 38.2 Å². The molecule has 0 aliphatic carbocycles. The maximum absolute atomic E-state index is 11.3. The number of pyridine rings is 1. The van der Waals surface area contributed by atoms with Crippen molar-refractivity contribution in [3.05, 3.63) is 24.0 Å². The predicted octanol–water partition coefficient (Wildman–Crippen LogP) is 1.93. The number of carbonyl (C=O) groups is 1. The lowest BCUT2D eigenvalue weighted by molar-refractivity contribution is 0.00578. The number of rotatable bonds is 2. The Kier molecular flexibility index (Phi) is 6.16. The van der Waals surface area contributed by atoms with Crippen LogP contribution in [0.2, 0.25) is 0 Å². The van der Waals surface area contributed by atoms with E-state index < -0.39 is 24.3 Å². The molecule has 1 saturated heterocycles. The third-order valence-electron chi connectivity index (χ3n) is 3.71. The first-order chi connectivity index (χ1) is 9.77. The second kappa shape index (κ2) is 7.04. The van der Waals surface area contributed by atoms with Crippen LogP contribution in [0.15, 0.2) is 18.3 Å². The van der Waals surface area contributed by atoms with Gasteiger partial charge in [0.15, 0.2) is 0 Å². The van der Waals surface area contributed by atoms with Crippen molar-refractivity contribution in [3.8, 4) is 0 Å². The average Bonchev–Trinajstić information content (AvgIpc) is 2.69. The molecule has 116 valence electrons. The summed E-state index contributed by atoms with van der Waals surface area (Å²) in [5, 5.41) is 0. The van der Waals surface area contributed by atoms with Crippen molar-refractivity contribution in [3.63, 3.8) is 0 Å². The number of hydrogen-bond donors (Lipinski definition) is 2. The van der Waals surface area contributed by atoms with Gasteiger partial charge in [-0.05, 0) is 33.8 Å². The van der Waals surface area contributed by atoms with Gasteiger partial charge in [0.1, 0.15) is 5.69 Å². The van der Waals surface area contributed by atoms with Crippen molar-refractivity contribution >= 4 is 41.9 Å². The van der Waals surface area contributed by atoms with E-state index in [1.54, 1.807) is 18.3 Å². The first-order valence-electron chi connectivity index (χ1n) is 6.37. The SMILES string of the molecule is COC(=O)c1ccc(B2OC(C)(C)C(C)(C)O2)cn1.SS. The number of carbonyl (C=O) groups excluding carboxylic acids is 1. The third-order valence-corrected chi connectivity index (χ3v) is 3.71. The molecule has 0 radical (unpaired) electrons. The quantitative estimate of drug-likeness (QED) is 0.376. The summed E-state index contributed by atoms with van der Waals surface area (Å²) in [7, 11) is 0.857. The third kappa shape index (κ3) is 3.94. The van der Waals surface area contributed by atoms with Crippen molar-refractivity contribution in [1.29, 1.82) is 0 Å². The van der Waals surface area contributed by atoms with Crippen molar-refractivity contribution in [2.24, 2.45) is 0 Å². The zero-order valence-electron chi connectivity index (χ0n) is 12.8. The molecule has 0 spiro atoms. The standard InChI is InChI=1S/C13H18BNO4.H2S2/c1-12(2)13(3,4)19-14(18-12)9-6-7-10(15-8-9)11(16)17-5;1-2/h6-8H,1-5H3;1-2H. The highest BCUT2D eigenvalue weighted by atomic mass is 33.1. The summed E-state index contributed by atoms with van der Waals surface area (Å²) < 4.78 is 16.4. The molecule has 0 amide bonds. The molecule has 1 aromatic heterocycles. The van der Waals surface area contributed by atoms with Gasteiger partial charge in [-0.25, -0.2) is 9.78 Å². The van der Waals surface area contributed by atoms with Gasteiger partial charge in [0, 0.05) is 11.7 Å². The van der Waals surface area contributed by atoms with Gasteiger partial charge in [0.05, 0.1) is 18.3 Å². The van der Waals surface area contributed by atoms with Gasteiger partial charge in [-0.3, -0.25) is 0 Å². The molecule has 21 heavy (non-hydrogen) atoms. The second-order valence-electron chi connectivity index (χ2n) is 5.56. The molecule has 1 aromatic rings. The summed E-state index contributed by atoms with van der Waals surface area (Å²) in [5.74, 6) is -0.458. The number of hydrogen-bond acceptors (Lipinski definition) is 7. The van der Waals surface area contributed by atoms with Crippen molar-refractivity contribution in [1.82, 2.24) is 4.98 Å². The maximum Gasteiger partial charge on any atom is 0.496 e. The highest BCUT2D eigenvalue weighted by molar-refractivity contribution is 8.59. The summed E-state index contributed by atoms with van der Waals surface area (Å²) in [6, 6.07) is 3.37. The highest BCUT2D eigenvalue weighted by Crippen LogP contribution is 2.36. The van der Waals surface area contributed by atoms with E-state index in [2.05, 4.69) is 33.0 Å². The molecule has 8 heteroatoms. The average molecular weight is 329 g/mol. The van der Waals surface area contributed by atoms with E-state index in [9.17, 15) is 4.79 Å². The molecule has 2 rings (SSSR count). The van der Waals surface area contributed by atoms with Crippen LogP contribution < -0.4 is 5.46 Å². The van der Waals surface area contributed by atoms with Gasteiger partial charge < -0.3 is 14.0 Å². The summed E-state index contributed by atoms with van der Waals surface area (Å²) in [4.78, 5) is 15.4. The fourth-order valence-electron chi connectivity index (χ4n) is 1.75. The number of ether oxygens (including phenoxy) is 1. The minimum atomic E-state index is -0.468. The lowest BCUT2D eigenvalue weighted by Gasteiger charge is -2.32. The van der Waals surface area contributed by atoms with Crippen molar-refractivity contribution < 1.29 is 18.8 Å². The monoisotopic (exact) mass is 329 g/mol. The van der Waals surface area contributed by atoms with E-state index in [0.29, 0.717) is 0 Å². The number of esters is 1. The van der Waals surface area contributed by atoms with Crippen LogP contribution in [-0.2, 0) is 14.0 Å². The zero-order chi connectivity index (χ0) is 16.3. The van der Waals surface area contributed by atoms with Gasteiger partial charge >= 0.3 is 13.1 Å². The minimum absolute atomic E-state index is 0.266. The summed E-state index contributed by atoms with van der Waals surface area (Å²) in [6.45, 7) is 7.96. The molecule has 5 nitrogen and oxygen atoms in total. The smallest absolute Gasteiger partial charge is 0.464 e. The molecule has 2 heterocycles. The van der Waals surface area contributed by atoms with Gasteiger partial charge in [0.2, 0.25) is 0 Å². The largest absolute Gasteiger partial charge is 0.496 e.